The molecule has 0 saturated carbocycles. The van der Waals surface area contributed by atoms with Crippen molar-refractivity contribution in [1.29, 1.82) is 0 Å². The molecule has 3 amide bonds. The van der Waals surface area contributed by atoms with Gasteiger partial charge in [-0.05, 0) is 61.7 Å². The highest BCUT2D eigenvalue weighted by Gasteiger charge is 2.21. The minimum atomic E-state index is -0.350. The van der Waals surface area contributed by atoms with Crippen molar-refractivity contribution >= 4 is 51.3 Å². The van der Waals surface area contributed by atoms with Crippen LogP contribution in [0.2, 0.25) is 5.02 Å². The lowest BCUT2D eigenvalue weighted by Gasteiger charge is -2.17. The van der Waals surface area contributed by atoms with E-state index < -0.39 is 0 Å². The van der Waals surface area contributed by atoms with Crippen molar-refractivity contribution in [2.75, 3.05) is 24.2 Å². The summed E-state index contributed by atoms with van der Waals surface area (Å²) in [7, 11) is 1.58. The Hall–Kier alpha value is -3.16. The quantitative estimate of drug-likeness (QED) is 0.514. The van der Waals surface area contributed by atoms with E-state index in [4.69, 9.17) is 11.6 Å². The summed E-state index contributed by atoms with van der Waals surface area (Å²) in [5.74, 6) is -0.921. The maximum Gasteiger partial charge on any atom is 0.264 e. The fourth-order valence-electron chi connectivity index (χ4n) is 3.12. The summed E-state index contributed by atoms with van der Waals surface area (Å²) < 4.78 is 0. The third kappa shape index (κ3) is 5.36. The summed E-state index contributed by atoms with van der Waals surface area (Å²) in [6.45, 7) is 5.61. The van der Waals surface area contributed by atoms with Crippen LogP contribution in [0.25, 0.3) is 0 Å². The Labute approximate surface area is 196 Å². The Balaban J connectivity index is 1.66. The van der Waals surface area contributed by atoms with Gasteiger partial charge in [0, 0.05) is 12.7 Å². The van der Waals surface area contributed by atoms with Crippen LogP contribution in [-0.2, 0) is 4.79 Å². The molecule has 0 radical (unpaired) electrons. The summed E-state index contributed by atoms with van der Waals surface area (Å²) in [6.07, 6.45) is 0. The van der Waals surface area contributed by atoms with Crippen LogP contribution in [0.1, 0.15) is 36.7 Å². The first-order chi connectivity index (χ1) is 15.2. The zero-order valence-corrected chi connectivity index (χ0v) is 19.9. The van der Waals surface area contributed by atoms with Gasteiger partial charge in [-0.1, -0.05) is 35.9 Å². The number of thiophene rings is 1. The van der Waals surface area contributed by atoms with E-state index >= 15 is 0 Å². The number of anilines is 2. The number of aryl methyl sites for hydroxylation is 2. The van der Waals surface area contributed by atoms with Gasteiger partial charge in [-0.2, -0.15) is 0 Å². The molecule has 0 atom stereocenters. The summed E-state index contributed by atoms with van der Waals surface area (Å²) in [5, 5.41) is 6.53. The first-order valence-corrected chi connectivity index (χ1v) is 11.1. The lowest BCUT2D eigenvalue weighted by Crippen LogP contribution is -2.35. The van der Waals surface area contributed by atoms with Gasteiger partial charge < -0.3 is 15.5 Å². The van der Waals surface area contributed by atoms with E-state index in [0.29, 0.717) is 20.5 Å². The number of halogens is 1. The molecular formula is C24H24ClN3O3S. The largest absolute Gasteiger partial charge is 0.332 e. The topological polar surface area (TPSA) is 78.5 Å². The second-order valence-corrected chi connectivity index (χ2v) is 8.97. The van der Waals surface area contributed by atoms with Gasteiger partial charge in [-0.15, -0.1) is 11.3 Å². The molecule has 0 aliphatic heterocycles. The number of benzene rings is 2. The molecule has 0 saturated heterocycles. The Kier molecular flexibility index (Phi) is 7.33. The summed E-state index contributed by atoms with van der Waals surface area (Å²) in [5.41, 5.74) is 3.87. The van der Waals surface area contributed by atoms with Crippen molar-refractivity contribution in [3.63, 3.8) is 0 Å². The van der Waals surface area contributed by atoms with Crippen molar-refractivity contribution in [3.8, 4) is 0 Å². The summed E-state index contributed by atoms with van der Waals surface area (Å²) in [4.78, 5) is 39.7. The Bertz CT molecular complexity index is 1190. The second-order valence-electron chi connectivity index (χ2n) is 7.51. The number of nitrogens with zero attached hydrogens (tertiary/aromatic N) is 1. The van der Waals surface area contributed by atoms with Gasteiger partial charge in [0.2, 0.25) is 5.91 Å². The maximum atomic E-state index is 12.9. The van der Waals surface area contributed by atoms with Crippen LogP contribution in [0.5, 0.6) is 0 Å². The summed E-state index contributed by atoms with van der Waals surface area (Å²) in [6, 6.07) is 14.2. The monoisotopic (exact) mass is 469 g/mol. The number of carbonyl (C=O) groups excluding carboxylic acids is 3. The van der Waals surface area contributed by atoms with E-state index in [1.165, 1.54) is 4.90 Å². The van der Waals surface area contributed by atoms with E-state index in [0.717, 1.165) is 33.7 Å². The average Bonchev–Trinajstić information content (AvgIpc) is 3.10. The molecule has 1 aromatic heterocycles. The van der Waals surface area contributed by atoms with Gasteiger partial charge in [0.1, 0.15) is 0 Å². The van der Waals surface area contributed by atoms with Gasteiger partial charge in [0.15, 0.2) is 0 Å². The fraction of sp³-hybridized carbons (Fsp3) is 0.208. The van der Waals surface area contributed by atoms with Gasteiger partial charge in [0.25, 0.3) is 11.8 Å². The molecule has 8 heteroatoms. The molecule has 32 heavy (non-hydrogen) atoms. The van der Waals surface area contributed by atoms with Crippen molar-refractivity contribution < 1.29 is 14.4 Å². The molecule has 0 aliphatic rings. The lowest BCUT2D eigenvalue weighted by atomic mass is 10.1. The molecular weight excluding hydrogens is 446 g/mol. The third-order valence-corrected chi connectivity index (χ3v) is 6.54. The highest BCUT2D eigenvalue weighted by Crippen LogP contribution is 2.29. The molecule has 0 unspecified atom stereocenters. The van der Waals surface area contributed by atoms with Gasteiger partial charge in [-0.25, -0.2) is 0 Å². The number of hydrogen-bond acceptors (Lipinski definition) is 4. The molecule has 1 heterocycles. The Morgan fingerprint density at radius 3 is 2.41 bits per heavy atom. The number of nitrogens with one attached hydrogen (secondary N) is 2. The molecule has 2 aromatic carbocycles. The number of likely N-dealkylation sites (N-methyl/N-ethyl adjacent to an activating group) is 1. The smallest absolute Gasteiger partial charge is 0.264 e. The van der Waals surface area contributed by atoms with Crippen molar-refractivity contribution in [2.24, 2.45) is 0 Å². The average molecular weight is 470 g/mol. The highest BCUT2D eigenvalue weighted by atomic mass is 35.5. The zero-order chi connectivity index (χ0) is 23.4. The molecule has 0 aliphatic carbocycles. The fourth-order valence-corrected chi connectivity index (χ4v) is 4.40. The number of rotatable bonds is 6. The zero-order valence-electron chi connectivity index (χ0n) is 18.3. The van der Waals surface area contributed by atoms with E-state index in [1.807, 2.05) is 32.0 Å². The van der Waals surface area contributed by atoms with Gasteiger partial charge in [-0.3, -0.25) is 14.4 Å². The number of carbonyl (C=O) groups is 3. The van der Waals surface area contributed by atoms with Crippen LogP contribution in [0.3, 0.4) is 0 Å². The third-order valence-electron chi connectivity index (χ3n) is 5.07. The van der Waals surface area contributed by atoms with Crippen LogP contribution in [-0.4, -0.2) is 36.2 Å². The predicted molar refractivity (Wildman–Crippen MR) is 130 cm³/mol. The van der Waals surface area contributed by atoms with Gasteiger partial charge in [0.05, 0.1) is 27.0 Å². The Morgan fingerprint density at radius 1 is 0.969 bits per heavy atom. The van der Waals surface area contributed by atoms with Crippen LogP contribution < -0.4 is 10.6 Å². The van der Waals surface area contributed by atoms with Crippen LogP contribution in [0.4, 0.5) is 10.7 Å². The molecule has 166 valence electrons. The molecule has 2 N–H and O–H groups in total. The minimum absolute atomic E-state index is 0.0924. The lowest BCUT2D eigenvalue weighted by molar-refractivity contribution is -0.116. The molecule has 3 rings (SSSR count). The van der Waals surface area contributed by atoms with Crippen molar-refractivity contribution in [2.45, 2.75) is 20.8 Å². The van der Waals surface area contributed by atoms with Gasteiger partial charge >= 0.3 is 0 Å². The van der Waals surface area contributed by atoms with E-state index in [1.54, 1.807) is 44.3 Å². The summed E-state index contributed by atoms with van der Waals surface area (Å²) >= 11 is 7.24. The molecule has 0 bridgehead atoms. The molecule has 6 nitrogen and oxygen atoms in total. The van der Waals surface area contributed by atoms with Crippen molar-refractivity contribution in [1.82, 2.24) is 4.90 Å². The van der Waals surface area contributed by atoms with Crippen LogP contribution >= 0.6 is 22.9 Å². The number of amides is 3. The second kappa shape index (κ2) is 9.97. The van der Waals surface area contributed by atoms with E-state index in [2.05, 4.69) is 10.6 Å². The maximum absolute atomic E-state index is 12.9. The van der Waals surface area contributed by atoms with E-state index in [9.17, 15) is 14.4 Å². The SMILES string of the molecule is Cc1cc(NC(=O)c2ccccc2Cl)sc1C(=O)N(C)CC(=O)Nc1cccc(C)c1C. The minimum Gasteiger partial charge on any atom is -0.332 e. The molecule has 0 fully saturated rings. The molecule has 0 spiro atoms. The first kappa shape index (κ1) is 23.5. The van der Waals surface area contributed by atoms with E-state index in [-0.39, 0.29) is 24.3 Å². The highest BCUT2D eigenvalue weighted by molar-refractivity contribution is 7.18. The predicted octanol–water partition coefficient (Wildman–Crippen LogP) is 5.29. The first-order valence-electron chi connectivity index (χ1n) is 9.95. The number of hydrogen-bond donors (Lipinski definition) is 2. The molecule has 3 aromatic rings. The van der Waals surface area contributed by atoms with Crippen molar-refractivity contribution in [3.05, 3.63) is 80.7 Å². The Morgan fingerprint density at radius 2 is 1.69 bits per heavy atom. The standard InChI is InChI=1S/C24H24ClN3O3S/c1-14-8-7-11-19(16(14)3)26-20(29)13-28(4)24(31)22-15(2)12-21(32-22)27-23(30)17-9-5-6-10-18(17)25/h5-12H,13H2,1-4H3,(H,26,29)(H,27,30). The van der Waals surface area contributed by atoms with Crippen LogP contribution in [0.15, 0.2) is 48.5 Å². The van der Waals surface area contributed by atoms with Crippen LogP contribution in [0, 0.1) is 20.8 Å². The normalized spacial score (nSPS) is 10.5.